The Morgan fingerprint density at radius 3 is 2.77 bits per heavy atom. The van der Waals surface area contributed by atoms with E-state index in [0.29, 0.717) is 9.86 Å². The Morgan fingerprint density at radius 1 is 1.27 bits per heavy atom. The Kier molecular flexibility index (Phi) is 4.61. The highest BCUT2D eigenvalue weighted by atomic mass is 32.2. The van der Waals surface area contributed by atoms with Crippen LogP contribution in [0.3, 0.4) is 0 Å². The van der Waals surface area contributed by atoms with Crippen molar-refractivity contribution < 1.29 is 5.11 Å². The van der Waals surface area contributed by atoms with E-state index < -0.39 is 0 Å². The van der Waals surface area contributed by atoms with Crippen molar-refractivity contribution in [3.05, 3.63) is 57.2 Å². The molecule has 2 aromatic heterocycles. The van der Waals surface area contributed by atoms with Crippen LogP contribution in [0.2, 0.25) is 0 Å². The molecule has 0 atom stereocenters. The predicted molar refractivity (Wildman–Crippen MR) is 91.7 cm³/mol. The standard InChI is InChI=1S/C16H16N2O2S2/c1-11-2-4-12(5-3-11)10-22-16-17-13-6-9-21-14(13)15(20)18(16)7-8-19/h2-6,9,19H,7-8,10H2,1H3. The lowest BCUT2D eigenvalue weighted by Gasteiger charge is -2.10. The smallest absolute Gasteiger partial charge is 0.272 e. The minimum Gasteiger partial charge on any atom is -0.395 e. The number of thioether (sulfide) groups is 1. The van der Waals surface area contributed by atoms with Gasteiger partial charge in [-0.3, -0.25) is 9.36 Å². The van der Waals surface area contributed by atoms with E-state index in [9.17, 15) is 9.90 Å². The fraction of sp³-hybridized carbons (Fsp3) is 0.250. The summed E-state index contributed by atoms with van der Waals surface area (Å²) >= 11 is 2.92. The molecule has 0 amide bonds. The fourth-order valence-electron chi connectivity index (χ4n) is 2.16. The second-order valence-corrected chi connectivity index (χ2v) is 6.84. The van der Waals surface area contributed by atoms with Gasteiger partial charge in [-0.1, -0.05) is 41.6 Å². The first-order valence-corrected chi connectivity index (χ1v) is 8.83. The SMILES string of the molecule is Cc1ccc(CSc2nc3ccsc3c(=O)n2CCO)cc1. The van der Waals surface area contributed by atoms with Gasteiger partial charge in [0.2, 0.25) is 0 Å². The first-order chi connectivity index (χ1) is 10.7. The number of rotatable bonds is 5. The quantitative estimate of drug-likeness (QED) is 0.576. The van der Waals surface area contributed by atoms with Gasteiger partial charge in [0.05, 0.1) is 18.7 Å². The van der Waals surface area contributed by atoms with Gasteiger partial charge in [0, 0.05) is 5.75 Å². The lowest BCUT2D eigenvalue weighted by atomic mass is 10.2. The number of thiophene rings is 1. The number of benzene rings is 1. The molecule has 4 nitrogen and oxygen atoms in total. The molecule has 0 unspecified atom stereocenters. The van der Waals surface area contributed by atoms with Crippen molar-refractivity contribution in [3.8, 4) is 0 Å². The van der Waals surface area contributed by atoms with E-state index in [-0.39, 0.29) is 18.7 Å². The van der Waals surface area contributed by atoms with E-state index in [4.69, 9.17) is 0 Å². The third kappa shape index (κ3) is 3.09. The number of hydrogen-bond donors (Lipinski definition) is 1. The lowest BCUT2D eigenvalue weighted by molar-refractivity contribution is 0.268. The highest BCUT2D eigenvalue weighted by Crippen LogP contribution is 2.24. The second-order valence-electron chi connectivity index (χ2n) is 4.98. The molecule has 0 saturated heterocycles. The number of hydrogen-bond acceptors (Lipinski definition) is 5. The maximum atomic E-state index is 12.5. The van der Waals surface area contributed by atoms with Gasteiger partial charge < -0.3 is 5.11 Å². The zero-order valence-electron chi connectivity index (χ0n) is 12.2. The Bertz CT molecular complexity index is 837. The summed E-state index contributed by atoms with van der Waals surface area (Å²) in [4.78, 5) is 17.0. The highest BCUT2D eigenvalue weighted by Gasteiger charge is 2.12. The van der Waals surface area contributed by atoms with Gasteiger partial charge in [0.1, 0.15) is 4.70 Å². The van der Waals surface area contributed by atoms with Crippen molar-refractivity contribution in [2.75, 3.05) is 6.61 Å². The van der Waals surface area contributed by atoms with Crippen LogP contribution < -0.4 is 5.56 Å². The van der Waals surface area contributed by atoms with Crippen molar-refractivity contribution in [3.63, 3.8) is 0 Å². The Morgan fingerprint density at radius 2 is 2.05 bits per heavy atom. The number of fused-ring (bicyclic) bond motifs is 1. The fourth-order valence-corrected chi connectivity index (χ4v) is 3.92. The Balaban J connectivity index is 1.92. The van der Waals surface area contributed by atoms with Gasteiger partial charge in [-0.2, -0.15) is 0 Å². The summed E-state index contributed by atoms with van der Waals surface area (Å²) in [5, 5.41) is 11.7. The van der Waals surface area contributed by atoms with Crippen LogP contribution in [0.15, 0.2) is 45.7 Å². The molecule has 0 radical (unpaired) electrons. The lowest BCUT2D eigenvalue weighted by Crippen LogP contribution is -2.24. The van der Waals surface area contributed by atoms with Crippen LogP contribution in [-0.4, -0.2) is 21.3 Å². The molecule has 0 spiro atoms. The van der Waals surface area contributed by atoms with Gasteiger partial charge in [-0.15, -0.1) is 11.3 Å². The summed E-state index contributed by atoms with van der Waals surface area (Å²) < 4.78 is 2.21. The average molecular weight is 332 g/mol. The van der Waals surface area contributed by atoms with Crippen molar-refractivity contribution in [1.29, 1.82) is 0 Å². The molecular formula is C16H16N2O2S2. The number of nitrogens with zero attached hydrogens (tertiary/aromatic N) is 2. The van der Waals surface area contributed by atoms with Crippen molar-refractivity contribution in [1.82, 2.24) is 9.55 Å². The zero-order valence-corrected chi connectivity index (χ0v) is 13.8. The molecule has 114 valence electrons. The van der Waals surface area contributed by atoms with Crippen LogP contribution in [0.25, 0.3) is 10.2 Å². The summed E-state index contributed by atoms with van der Waals surface area (Å²) in [6, 6.07) is 10.2. The molecule has 0 saturated carbocycles. The monoisotopic (exact) mass is 332 g/mol. The molecule has 0 aliphatic carbocycles. The zero-order chi connectivity index (χ0) is 15.5. The van der Waals surface area contributed by atoms with E-state index in [1.165, 1.54) is 34.2 Å². The van der Waals surface area contributed by atoms with Gasteiger partial charge in [-0.05, 0) is 23.9 Å². The Hall–Kier alpha value is -1.63. The third-order valence-electron chi connectivity index (χ3n) is 3.34. The molecule has 0 aliphatic heterocycles. The molecular weight excluding hydrogens is 316 g/mol. The van der Waals surface area contributed by atoms with E-state index in [1.807, 2.05) is 11.4 Å². The largest absolute Gasteiger partial charge is 0.395 e. The van der Waals surface area contributed by atoms with Gasteiger partial charge in [0.25, 0.3) is 5.56 Å². The minimum absolute atomic E-state index is 0.0690. The molecule has 3 rings (SSSR count). The maximum Gasteiger partial charge on any atom is 0.272 e. The van der Waals surface area contributed by atoms with Crippen LogP contribution in [-0.2, 0) is 12.3 Å². The molecule has 0 bridgehead atoms. The van der Waals surface area contributed by atoms with Crippen molar-refractivity contribution >= 4 is 33.3 Å². The number of aliphatic hydroxyl groups excluding tert-OH is 1. The van der Waals surface area contributed by atoms with Crippen LogP contribution in [0.4, 0.5) is 0 Å². The average Bonchev–Trinajstić information content (AvgIpc) is 2.99. The molecule has 22 heavy (non-hydrogen) atoms. The summed E-state index contributed by atoms with van der Waals surface area (Å²) in [7, 11) is 0. The summed E-state index contributed by atoms with van der Waals surface area (Å²) in [5.74, 6) is 0.744. The number of aliphatic hydroxyl groups is 1. The molecule has 0 aliphatic rings. The van der Waals surface area contributed by atoms with E-state index in [0.717, 1.165) is 11.3 Å². The van der Waals surface area contributed by atoms with Crippen LogP contribution in [0, 0.1) is 6.92 Å². The van der Waals surface area contributed by atoms with Gasteiger partial charge in [0.15, 0.2) is 5.16 Å². The summed E-state index contributed by atoms with van der Waals surface area (Å²) in [6.07, 6.45) is 0. The van der Waals surface area contributed by atoms with Gasteiger partial charge in [-0.25, -0.2) is 4.98 Å². The summed E-state index contributed by atoms with van der Waals surface area (Å²) in [5.41, 5.74) is 3.07. The first kappa shape index (κ1) is 15.3. The van der Waals surface area contributed by atoms with E-state index in [1.54, 1.807) is 4.57 Å². The molecule has 2 heterocycles. The topological polar surface area (TPSA) is 55.1 Å². The predicted octanol–water partition coefficient (Wildman–Crippen LogP) is 3.05. The van der Waals surface area contributed by atoms with E-state index in [2.05, 4.69) is 36.2 Å². The second kappa shape index (κ2) is 6.64. The van der Waals surface area contributed by atoms with Crippen LogP contribution >= 0.6 is 23.1 Å². The first-order valence-electron chi connectivity index (χ1n) is 6.96. The molecule has 0 fully saturated rings. The minimum atomic E-state index is -0.0729. The van der Waals surface area contributed by atoms with Crippen LogP contribution in [0.5, 0.6) is 0 Å². The highest BCUT2D eigenvalue weighted by molar-refractivity contribution is 7.98. The third-order valence-corrected chi connectivity index (χ3v) is 5.28. The molecule has 1 aromatic carbocycles. The normalized spacial score (nSPS) is 11.2. The maximum absolute atomic E-state index is 12.5. The van der Waals surface area contributed by atoms with Gasteiger partial charge >= 0.3 is 0 Å². The molecule has 6 heteroatoms. The van der Waals surface area contributed by atoms with Crippen LogP contribution in [0.1, 0.15) is 11.1 Å². The molecule has 1 N–H and O–H groups in total. The van der Waals surface area contributed by atoms with Crippen molar-refractivity contribution in [2.45, 2.75) is 24.4 Å². The number of aryl methyl sites for hydroxylation is 1. The number of aromatic nitrogens is 2. The van der Waals surface area contributed by atoms with Crippen molar-refractivity contribution in [2.24, 2.45) is 0 Å². The molecule has 3 aromatic rings. The summed E-state index contributed by atoms with van der Waals surface area (Å²) in [6.45, 7) is 2.26. The van der Waals surface area contributed by atoms with E-state index >= 15 is 0 Å². The Labute approximate surface area is 136 Å².